The molecule has 0 saturated carbocycles. The van der Waals surface area contributed by atoms with Crippen molar-refractivity contribution in [3.63, 3.8) is 0 Å². The first-order chi connectivity index (χ1) is 13.5. The summed E-state index contributed by atoms with van der Waals surface area (Å²) in [5, 5.41) is 1.72. The Labute approximate surface area is 160 Å². The van der Waals surface area contributed by atoms with Gasteiger partial charge in [-0.25, -0.2) is 17.6 Å². The van der Waals surface area contributed by atoms with Crippen LogP contribution in [0.1, 0.15) is 25.3 Å². The Hall–Kier alpha value is -2.88. The second-order valence-corrected chi connectivity index (χ2v) is 7.01. The van der Waals surface area contributed by atoms with Crippen LogP contribution in [0.2, 0.25) is 0 Å². The van der Waals surface area contributed by atoms with Gasteiger partial charge in [-0.2, -0.15) is 0 Å². The molecule has 28 heavy (non-hydrogen) atoms. The van der Waals surface area contributed by atoms with E-state index in [-0.39, 0.29) is 16.6 Å². The fourth-order valence-corrected chi connectivity index (χ4v) is 3.66. The molecule has 0 nitrogen and oxygen atoms in total. The van der Waals surface area contributed by atoms with Crippen LogP contribution >= 0.6 is 0 Å². The largest absolute Gasteiger partial charge is 0.207 e. The molecule has 4 aromatic carbocycles. The first-order valence-electron chi connectivity index (χ1n) is 9.27. The topological polar surface area (TPSA) is 0 Å². The summed E-state index contributed by atoms with van der Waals surface area (Å²) in [6.45, 7) is 2.04. The van der Waals surface area contributed by atoms with Crippen molar-refractivity contribution in [1.82, 2.24) is 0 Å². The summed E-state index contributed by atoms with van der Waals surface area (Å²) < 4.78 is 56.8. The van der Waals surface area contributed by atoms with Crippen LogP contribution in [0.4, 0.5) is 17.6 Å². The molecule has 4 rings (SSSR count). The Balaban J connectivity index is 1.91. The zero-order valence-corrected chi connectivity index (χ0v) is 15.3. The molecule has 0 N–H and O–H groups in total. The number of halogens is 4. The summed E-state index contributed by atoms with van der Waals surface area (Å²) in [7, 11) is 0. The Morgan fingerprint density at radius 1 is 0.643 bits per heavy atom. The van der Waals surface area contributed by atoms with Crippen molar-refractivity contribution >= 4 is 21.5 Å². The standard InChI is InChI=1S/C24H18F4/c1-2-3-4-14-5-7-20-19-8-6-15(16-9-17(25)12-18(26)10-16)11-21(19)23(27)13-22(20)24(14)28/h5-13H,2-4H2,1H3. The van der Waals surface area contributed by atoms with Crippen LogP contribution in [0.15, 0.2) is 54.6 Å². The van der Waals surface area contributed by atoms with Crippen molar-refractivity contribution < 1.29 is 17.6 Å². The first-order valence-corrected chi connectivity index (χ1v) is 9.27. The molecule has 0 spiro atoms. The second kappa shape index (κ2) is 7.27. The maximum absolute atomic E-state index is 14.9. The number of hydrogen-bond donors (Lipinski definition) is 0. The van der Waals surface area contributed by atoms with Gasteiger partial charge in [0.05, 0.1) is 0 Å². The minimum atomic E-state index is -0.698. The minimum absolute atomic E-state index is 0.253. The predicted molar refractivity (Wildman–Crippen MR) is 105 cm³/mol. The van der Waals surface area contributed by atoms with Gasteiger partial charge >= 0.3 is 0 Å². The Morgan fingerprint density at radius 2 is 1.32 bits per heavy atom. The summed E-state index contributed by atoms with van der Waals surface area (Å²) in [4.78, 5) is 0. The third-order valence-corrected chi connectivity index (χ3v) is 5.09. The van der Waals surface area contributed by atoms with Gasteiger partial charge in [0, 0.05) is 16.8 Å². The van der Waals surface area contributed by atoms with Gasteiger partial charge in [-0.15, -0.1) is 0 Å². The molecule has 0 unspecified atom stereocenters. The van der Waals surface area contributed by atoms with Crippen LogP contribution in [0.5, 0.6) is 0 Å². The molecule has 0 aliphatic heterocycles. The highest BCUT2D eigenvalue weighted by molar-refractivity contribution is 6.09. The van der Waals surface area contributed by atoms with E-state index in [4.69, 9.17) is 0 Å². The van der Waals surface area contributed by atoms with Gasteiger partial charge in [0.2, 0.25) is 0 Å². The minimum Gasteiger partial charge on any atom is -0.207 e. The summed E-state index contributed by atoms with van der Waals surface area (Å²) in [6.07, 6.45) is 2.43. The van der Waals surface area contributed by atoms with E-state index in [1.165, 1.54) is 18.2 Å². The molecule has 0 atom stereocenters. The molecule has 0 amide bonds. The zero-order valence-electron chi connectivity index (χ0n) is 15.3. The van der Waals surface area contributed by atoms with Crippen molar-refractivity contribution in [1.29, 1.82) is 0 Å². The highest BCUT2D eigenvalue weighted by Crippen LogP contribution is 2.34. The van der Waals surface area contributed by atoms with E-state index in [0.717, 1.165) is 18.9 Å². The van der Waals surface area contributed by atoms with E-state index < -0.39 is 17.5 Å². The lowest BCUT2D eigenvalue weighted by Crippen LogP contribution is -1.94. The number of fused-ring (bicyclic) bond motifs is 3. The number of benzene rings is 4. The number of hydrogen-bond acceptors (Lipinski definition) is 0. The van der Waals surface area contributed by atoms with Gasteiger partial charge in [0.15, 0.2) is 0 Å². The number of unbranched alkanes of at least 4 members (excludes halogenated alkanes) is 1. The third kappa shape index (κ3) is 3.24. The average molecular weight is 382 g/mol. The molecule has 0 saturated heterocycles. The molecule has 0 fully saturated rings. The Kier molecular flexibility index (Phi) is 4.80. The van der Waals surface area contributed by atoms with Crippen LogP contribution in [0.3, 0.4) is 0 Å². The van der Waals surface area contributed by atoms with E-state index in [1.807, 2.05) is 13.0 Å². The second-order valence-electron chi connectivity index (χ2n) is 7.01. The van der Waals surface area contributed by atoms with Crippen LogP contribution in [0, 0.1) is 23.3 Å². The molecule has 0 aliphatic rings. The van der Waals surface area contributed by atoms with E-state index in [9.17, 15) is 17.6 Å². The summed E-state index contributed by atoms with van der Waals surface area (Å²) in [6, 6.07) is 12.8. The molecule has 0 aromatic heterocycles. The fraction of sp³-hybridized carbons (Fsp3) is 0.167. The molecule has 4 aromatic rings. The lowest BCUT2D eigenvalue weighted by atomic mass is 9.95. The van der Waals surface area contributed by atoms with E-state index in [0.29, 0.717) is 33.9 Å². The smallest absolute Gasteiger partial charge is 0.134 e. The first kappa shape index (κ1) is 18.5. The predicted octanol–water partition coefficient (Wildman–Crippen LogP) is 7.56. The zero-order chi connectivity index (χ0) is 19.8. The van der Waals surface area contributed by atoms with Crippen molar-refractivity contribution in [2.45, 2.75) is 26.2 Å². The monoisotopic (exact) mass is 382 g/mol. The molecule has 4 heteroatoms. The molecule has 0 heterocycles. The van der Waals surface area contributed by atoms with Crippen molar-refractivity contribution in [2.24, 2.45) is 0 Å². The lowest BCUT2D eigenvalue weighted by Gasteiger charge is -2.11. The van der Waals surface area contributed by atoms with Gasteiger partial charge < -0.3 is 0 Å². The van der Waals surface area contributed by atoms with Gasteiger partial charge in [-0.05, 0) is 64.6 Å². The molecular weight excluding hydrogens is 364 g/mol. The Morgan fingerprint density at radius 3 is 2.04 bits per heavy atom. The van der Waals surface area contributed by atoms with Crippen molar-refractivity contribution in [2.75, 3.05) is 0 Å². The molecule has 142 valence electrons. The third-order valence-electron chi connectivity index (χ3n) is 5.09. The summed E-state index contributed by atoms with van der Waals surface area (Å²) >= 11 is 0. The molecular formula is C24H18F4. The Bertz CT molecular complexity index is 1170. The lowest BCUT2D eigenvalue weighted by molar-refractivity contribution is 0.584. The quantitative estimate of drug-likeness (QED) is 0.252. The highest BCUT2D eigenvalue weighted by atomic mass is 19.1. The van der Waals surface area contributed by atoms with Crippen LogP contribution in [0.25, 0.3) is 32.7 Å². The van der Waals surface area contributed by atoms with Crippen LogP contribution in [-0.2, 0) is 6.42 Å². The van der Waals surface area contributed by atoms with Crippen LogP contribution < -0.4 is 0 Å². The van der Waals surface area contributed by atoms with Gasteiger partial charge in [0.25, 0.3) is 0 Å². The maximum atomic E-state index is 14.9. The van der Waals surface area contributed by atoms with Crippen molar-refractivity contribution in [3.05, 3.63) is 83.4 Å². The van der Waals surface area contributed by atoms with E-state index >= 15 is 0 Å². The van der Waals surface area contributed by atoms with Gasteiger partial charge in [-0.3, -0.25) is 0 Å². The molecule has 0 radical (unpaired) electrons. The van der Waals surface area contributed by atoms with E-state index in [2.05, 4.69) is 0 Å². The maximum Gasteiger partial charge on any atom is 0.134 e. The summed E-state index contributed by atoms with van der Waals surface area (Å²) in [5.74, 6) is -2.35. The summed E-state index contributed by atoms with van der Waals surface area (Å²) in [5.41, 5.74) is 1.39. The van der Waals surface area contributed by atoms with Gasteiger partial charge in [-0.1, -0.05) is 37.6 Å². The normalized spacial score (nSPS) is 11.5. The highest BCUT2D eigenvalue weighted by Gasteiger charge is 2.14. The van der Waals surface area contributed by atoms with Crippen LogP contribution in [-0.4, -0.2) is 0 Å². The van der Waals surface area contributed by atoms with Gasteiger partial charge in [0.1, 0.15) is 23.3 Å². The van der Waals surface area contributed by atoms with Crippen molar-refractivity contribution in [3.8, 4) is 11.1 Å². The number of rotatable bonds is 4. The molecule has 0 aliphatic carbocycles. The number of aryl methyl sites for hydroxylation is 1. The molecule has 0 bridgehead atoms. The van der Waals surface area contributed by atoms with E-state index in [1.54, 1.807) is 24.3 Å². The SMILES string of the molecule is CCCCc1ccc2c(cc(F)c3cc(-c4cc(F)cc(F)c4)ccc32)c1F. The average Bonchev–Trinajstić information content (AvgIpc) is 2.67. The fourth-order valence-electron chi connectivity index (χ4n) is 3.66.